The van der Waals surface area contributed by atoms with E-state index < -0.39 is 0 Å². The van der Waals surface area contributed by atoms with E-state index >= 15 is 0 Å². The van der Waals surface area contributed by atoms with Gasteiger partial charge < -0.3 is 5.32 Å². The monoisotopic (exact) mass is 270 g/mol. The van der Waals surface area contributed by atoms with Crippen LogP contribution in [0.3, 0.4) is 0 Å². The molecule has 0 radical (unpaired) electrons. The van der Waals surface area contributed by atoms with Crippen molar-refractivity contribution in [1.82, 2.24) is 10.3 Å². The summed E-state index contributed by atoms with van der Waals surface area (Å²) < 4.78 is 0. The van der Waals surface area contributed by atoms with E-state index in [4.69, 9.17) is 0 Å². The molecule has 108 valence electrons. The third-order valence-corrected chi connectivity index (χ3v) is 6.31. The van der Waals surface area contributed by atoms with E-state index in [-0.39, 0.29) is 0 Å². The maximum atomic E-state index is 4.28. The molecule has 1 aromatic heterocycles. The highest BCUT2D eigenvalue weighted by Crippen LogP contribution is 2.57. The van der Waals surface area contributed by atoms with Gasteiger partial charge in [0.2, 0.25) is 0 Å². The Kier molecular flexibility index (Phi) is 3.30. The Morgan fingerprint density at radius 1 is 1.15 bits per heavy atom. The molecular weight excluding hydrogens is 244 g/mol. The van der Waals surface area contributed by atoms with Gasteiger partial charge in [0.05, 0.1) is 0 Å². The van der Waals surface area contributed by atoms with Crippen LogP contribution < -0.4 is 5.32 Å². The maximum absolute atomic E-state index is 4.28. The van der Waals surface area contributed by atoms with Crippen molar-refractivity contribution >= 4 is 0 Å². The first kappa shape index (κ1) is 12.8. The van der Waals surface area contributed by atoms with Crippen LogP contribution in [0.25, 0.3) is 0 Å². The lowest BCUT2D eigenvalue weighted by atomic mass is 9.50. The molecule has 2 heteroatoms. The van der Waals surface area contributed by atoms with E-state index in [0.29, 0.717) is 6.04 Å². The minimum absolute atomic E-state index is 0.647. The van der Waals surface area contributed by atoms with Gasteiger partial charge in [-0.2, -0.15) is 0 Å². The highest BCUT2D eigenvalue weighted by molar-refractivity contribution is 5.12. The molecule has 4 aliphatic carbocycles. The number of pyridine rings is 1. The van der Waals surface area contributed by atoms with Gasteiger partial charge in [0.1, 0.15) is 0 Å². The number of hydrogen-bond acceptors (Lipinski definition) is 2. The molecule has 20 heavy (non-hydrogen) atoms. The van der Waals surface area contributed by atoms with Crippen molar-refractivity contribution in [3.05, 3.63) is 30.1 Å². The summed E-state index contributed by atoms with van der Waals surface area (Å²) in [6, 6.07) is 4.95. The summed E-state index contributed by atoms with van der Waals surface area (Å²) in [6.07, 6.45) is 12.7. The molecule has 5 rings (SSSR count). The molecule has 1 aromatic rings. The highest BCUT2D eigenvalue weighted by atomic mass is 14.9. The topological polar surface area (TPSA) is 24.9 Å². The van der Waals surface area contributed by atoms with Crippen LogP contribution in [0.4, 0.5) is 0 Å². The normalized spacial score (nSPS) is 40.0. The van der Waals surface area contributed by atoms with Crippen LogP contribution in [0.15, 0.2) is 24.5 Å². The third kappa shape index (κ3) is 2.18. The fourth-order valence-corrected chi connectivity index (χ4v) is 5.83. The molecule has 1 N–H and O–H groups in total. The minimum atomic E-state index is 0.647. The van der Waals surface area contributed by atoms with Gasteiger partial charge in [-0.25, -0.2) is 0 Å². The Balaban J connectivity index is 1.53. The average molecular weight is 270 g/mol. The van der Waals surface area contributed by atoms with Gasteiger partial charge in [-0.05, 0) is 86.8 Å². The molecule has 0 saturated heterocycles. The largest absolute Gasteiger partial charge is 0.316 e. The van der Waals surface area contributed by atoms with E-state index in [1.807, 2.05) is 12.4 Å². The smallest absolute Gasteiger partial charge is 0.0300 e. The SMILES string of the molecule is CNC(Cc1cccnc1)C1C2CC3CC(C2)CC1C3. The summed E-state index contributed by atoms with van der Waals surface area (Å²) >= 11 is 0. The Morgan fingerprint density at radius 2 is 1.85 bits per heavy atom. The highest BCUT2D eigenvalue weighted by Gasteiger charge is 2.50. The lowest BCUT2D eigenvalue weighted by Gasteiger charge is -2.56. The second-order valence-electron chi connectivity index (χ2n) is 7.47. The van der Waals surface area contributed by atoms with Gasteiger partial charge in [-0.15, -0.1) is 0 Å². The van der Waals surface area contributed by atoms with Gasteiger partial charge in [-0.3, -0.25) is 4.98 Å². The van der Waals surface area contributed by atoms with Gasteiger partial charge in [0.15, 0.2) is 0 Å². The molecule has 0 spiro atoms. The Labute approximate surface area is 122 Å². The number of hydrogen-bond donors (Lipinski definition) is 1. The van der Waals surface area contributed by atoms with E-state index in [0.717, 1.165) is 36.0 Å². The molecule has 0 amide bonds. The van der Waals surface area contributed by atoms with Crippen molar-refractivity contribution in [2.45, 2.75) is 44.6 Å². The van der Waals surface area contributed by atoms with Crippen molar-refractivity contribution in [1.29, 1.82) is 0 Å². The molecule has 4 fully saturated rings. The van der Waals surface area contributed by atoms with Gasteiger partial charge in [-0.1, -0.05) is 6.07 Å². The summed E-state index contributed by atoms with van der Waals surface area (Å²) in [4.78, 5) is 4.28. The molecule has 4 aliphatic rings. The first-order valence-electron chi connectivity index (χ1n) is 8.39. The second kappa shape index (κ2) is 5.14. The Hall–Kier alpha value is -0.890. The van der Waals surface area contributed by atoms with Crippen LogP contribution in [0.2, 0.25) is 0 Å². The second-order valence-corrected chi connectivity index (χ2v) is 7.47. The van der Waals surface area contributed by atoms with Crippen LogP contribution in [-0.4, -0.2) is 18.1 Å². The molecule has 4 bridgehead atoms. The van der Waals surface area contributed by atoms with Crippen molar-refractivity contribution in [3.8, 4) is 0 Å². The average Bonchev–Trinajstić information content (AvgIpc) is 2.46. The molecule has 1 unspecified atom stereocenters. The first-order chi connectivity index (χ1) is 9.83. The summed E-state index contributed by atoms with van der Waals surface area (Å²) in [6.45, 7) is 0. The number of nitrogens with zero attached hydrogens (tertiary/aromatic N) is 1. The molecule has 0 aromatic carbocycles. The lowest BCUT2D eigenvalue weighted by Crippen LogP contribution is -2.53. The van der Waals surface area contributed by atoms with Gasteiger partial charge >= 0.3 is 0 Å². The van der Waals surface area contributed by atoms with Crippen LogP contribution in [0.1, 0.15) is 37.7 Å². The molecule has 4 saturated carbocycles. The number of nitrogens with one attached hydrogen (secondary N) is 1. The predicted octanol–water partition coefficient (Wildman–Crippen LogP) is 3.28. The molecule has 1 atom stereocenters. The summed E-state index contributed by atoms with van der Waals surface area (Å²) in [5, 5.41) is 3.65. The molecule has 0 aliphatic heterocycles. The summed E-state index contributed by atoms with van der Waals surface area (Å²) in [5.74, 6) is 5.06. The number of rotatable bonds is 4. The summed E-state index contributed by atoms with van der Waals surface area (Å²) in [7, 11) is 2.16. The maximum Gasteiger partial charge on any atom is 0.0300 e. The van der Waals surface area contributed by atoms with Crippen molar-refractivity contribution in [2.24, 2.45) is 29.6 Å². The van der Waals surface area contributed by atoms with Gasteiger partial charge in [0, 0.05) is 18.4 Å². The number of aromatic nitrogens is 1. The fourth-order valence-electron chi connectivity index (χ4n) is 5.83. The Morgan fingerprint density at radius 3 is 2.40 bits per heavy atom. The Bertz CT molecular complexity index is 428. The van der Waals surface area contributed by atoms with Crippen LogP contribution in [0.5, 0.6) is 0 Å². The molecule has 1 heterocycles. The van der Waals surface area contributed by atoms with Crippen molar-refractivity contribution in [2.75, 3.05) is 7.05 Å². The quantitative estimate of drug-likeness (QED) is 0.908. The minimum Gasteiger partial charge on any atom is -0.316 e. The van der Waals surface area contributed by atoms with Crippen molar-refractivity contribution < 1.29 is 0 Å². The molecule has 2 nitrogen and oxygen atoms in total. The van der Waals surface area contributed by atoms with Crippen LogP contribution >= 0.6 is 0 Å². The zero-order chi connectivity index (χ0) is 13.5. The number of likely N-dealkylation sites (N-methyl/N-ethyl adjacent to an activating group) is 1. The first-order valence-corrected chi connectivity index (χ1v) is 8.39. The van der Waals surface area contributed by atoms with E-state index in [1.54, 1.807) is 6.42 Å². The van der Waals surface area contributed by atoms with Crippen molar-refractivity contribution in [3.63, 3.8) is 0 Å². The third-order valence-electron chi connectivity index (χ3n) is 6.31. The fraction of sp³-hybridized carbons (Fsp3) is 0.722. The molecular formula is C18H26N2. The zero-order valence-electron chi connectivity index (χ0n) is 12.5. The van der Waals surface area contributed by atoms with Crippen LogP contribution in [-0.2, 0) is 6.42 Å². The van der Waals surface area contributed by atoms with E-state index in [2.05, 4.69) is 29.5 Å². The summed E-state index contributed by atoms with van der Waals surface area (Å²) in [5.41, 5.74) is 1.39. The zero-order valence-corrected chi connectivity index (χ0v) is 12.5. The van der Waals surface area contributed by atoms with Gasteiger partial charge in [0.25, 0.3) is 0 Å². The predicted molar refractivity (Wildman–Crippen MR) is 81.3 cm³/mol. The van der Waals surface area contributed by atoms with E-state index in [9.17, 15) is 0 Å². The lowest BCUT2D eigenvalue weighted by molar-refractivity contribution is -0.0507. The van der Waals surface area contributed by atoms with Crippen LogP contribution in [0, 0.1) is 29.6 Å². The standard InChI is InChI=1S/C18H26N2/c1-19-17(10-12-3-2-4-20-11-12)18-15-6-13-5-14(8-15)9-16(18)7-13/h2-4,11,13-19H,5-10H2,1H3. The van der Waals surface area contributed by atoms with E-state index in [1.165, 1.54) is 31.2 Å².